The first kappa shape index (κ1) is 14.8. The van der Waals surface area contributed by atoms with Crippen LogP contribution < -0.4 is 10.2 Å². The summed E-state index contributed by atoms with van der Waals surface area (Å²) in [6.45, 7) is 3.76. The van der Waals surface area contributed by atoms with Gasteiger partial charge in [-0.3, -0.25) is 4.79 Å². The maximum absolute atomic E-state index is 11.7. The normalized spacial score (nSPS) is 11.0. The van der Waals surface area contributed by atoms with Crippen molar-refractivity contribution in [1.29, 1.82) is 0 Å². The maximum atomic E-state index is 11.7. The average molecular weight is 282 g/mol. The van der Waals surface area contributed by atoms with Gasteiger partial charge in [0.25, 0.3) is 5.91 Å². The number of amides is 1. The van der Waals surface area contributed by atoms with E-state index in [2.05, 4.69) is 10.5 Å². The Bertz CT molecular complexity index is 636. The van der Waals surface area contributed by atoms with Crippen LogP contribution >= 0.6 is 0 Å². The zero-order valence-corrected chi connectivity index (χ0v) is 12.2. The van der Waals surface area contributed by atoms with Crippen LogP contribution in [-0.4, -0.2) is 18.2 Å². The van der Waals surface area contributed by atoms with Crippen LogP contribution in [-0.2, 0) is 4.79 Å². The SMILES string of the molecule is C/C(=N/NC(=O)COc1cccc(C)c1)c1ccccc1. The van der Waals surface area contributed by atoms with Crippen molar-refractivity contribution in [2.45, 2.75) is 13.8 Å². The molecule has 2 aromatic carbocycles. The lowest BCUT2D eigenvalue weighted by Gasteiger charge is -2.06. The monoisotopic (exact) mass is 282 g/mol. The number of ether oxygens (including phenoxy) is 1. The smallest absolute Gasteiger partial charge is 0.277 e. The number of hydrazone groups is 1. The van der Waals surface area contributed by atoms with Gasteiger partial charge in [0.05, 0.1) is 5.71 Å². The molecule has 4 heteroatoms. The number of nitrogens with one attached hydrogen (secondary N) is 1. The highest BCUT2D eigenvalue weighted by atomic mass is 16.5. The Labute approximate surface area is 124 Å². The van der Waals surface area contributed by atoms with Crippen molar-refractivity contribution in [3.63, 3.8) is 0 Å². The van der Waals surface area contributed by atoms with Crippen LogP contribution in [0.3, 0.4) is 0 Å². The Morgan fingerprint density at radius 3 is 2.62 bits per heavy atom. The first-order valence-electron chi connectivity index (χ1n) is 6.73. The van der Waals surface area contributed by atoms with E-state index in [1.54, 1.807) is 0 Å². The van der Waals surface area contributed by atoms with E-state index >= 15 is 0 Å². The molecule has 21 heavy (non-hydrogen) atoms. The van der Waals surface area contributed by atoms with E-state index in [9.17, 15) is 4.79 Å². The minimum atomic E-state index is -0.285. The average Bonchev–Trinajstić information content (AvgIpc) is 2.51. The van der Waals surface area contributed by atoms with E-state index in [0.29, 0.717) is 5.75 Å². The van der Waals surface area contributed by atoms with E-state index in [1.165, 1.54) is 0 Å². The minimum absolute atomic E-state index is 0.0605. The number of benzene rings is 2. The van der Waals surface area contributed by atoms with Gasteiger partial charge in [-0.05, 0) is 37.1 Å². The lowest BCUT2D eigenvalue weighted by Crippen LogP contribution is -2.25. The van der Waals surface area contributed by atoms with E-state index in [-0.39, 0.29) is 12.5 Å². The summed E-state index contributed by atoms with van der Waals surface area (Å²) in [6.07, 6.45) is 0. The first-order chi connectivity index (χ1) is 10.1. The molecule has 0 spiro atoms. The molecule has 0 unspecified atom stereocenters. The Balaban J connectivity index is 1.85. The predicted octanol–water partition coefficient (Wildman–Crippen LogP) is 2.91. The van der Waals surface area contributed by atoms with Crippen LogP contribution in [0.15, 0.2) is 59.7 Å². The lowest BCUT2D eigenvalue weighted by molar-refractivity contribution is -0.123. The number of carbonyl (C=O) groups excluding carboxylic acids is 1. The van der Waals surface area contributed by atoms with Crippen molar-refractivity contribution in [2.75, 3.05) is 6.61 Å². The van der Waals surface area contributed by atoms with Crippen LogP contribution in [0.1, 0.15) is 18.1 Å². The molecule has 1 N–H and O–H groups in total. The van der Waals surface area contributed by atoms with Gasteiger partial charge in [-0.15, -0.1) is 0 Å². The topological polar surface area (TPSA) is 50.7 Å². The van der Waals surface area contributed by atoms with Gasteiger partial charge in [-0.1, -0.05) is 42.5 Å². The molecule has 0 aliphatic carbocycles. The van der Waals surface area contributed by atoms with Crippen LogP contribution in [0, 0.1) is 6.92 Å². The highest BCUT2D eigenvalue weighted by Gasteiger charge is 2.02. The van der Waals surface area contributed by atoms with Crippen LogP contribution in [0.25, 0.3) is 0 Å². The second-order valence-electron chi connectivity index (χ2n) is 4.70. The van der Waals surface area contributed by atoms with Gasteiger partial charge in [0.15, 0.2) is 6.61 Å². The largest absolute Gasteiger partial charge is 0.484 e. The molecule has 0 atom stereocenters. The summed E-state index contributed by atoms with van der Waals surface area (Å²) in [5.74, 6) is 0.390. The fourth-order valence-corrected chi connectivity index (χ4v) is 1.78. The van der Waals surface area contributed by atoms with Crippen molar-refractivity contribution in [1.82, 2.24) is 5.43 Å². The number of hydrogen-bond acceptors (Lipinski definition) is 3. The number of hydrogen-bond donors (Lipinski definition) is 1. The summed E-state index contributed by atoms with van der Waals surface area (Å²) in [4.78, 5) is 11.7. The summed E-state index contributed by atoms with van der Waals surface area (Å²) >= 11 is 0. The molecule has 0 bridgehead atoms. The Hall–Kier alpha value is -2.62. The van der Waals surface area contributed by atoms with Crippen molar-refractivity contribution in [2.24, 2.45) is 5.10 Å². The standard InChI is InChI=1S/C17H18N2O2/c1-13-7-6-10-16(11-13)21-12-17(20)19-18-14(2)15-8-4-3-5-9-15/h3-11H,12H2,1-2H3,(H,19,20)/b18-14-. The Morgan fingerprint density at radius 1 is 1.14 bits per heavy atom. The van der Waals surface area contributed by atoms with E-state index in [1.807, 2.05) is 68.4 Å². The summed E-state index contributed by atoms with van der Waals surface area (Å²) in [5.41, 5.74) is 5.30. The molecule has 2 rings (SSSR count). The molecule has 0 aromatic heterocycles. The number of aryl methyl sites for hydroxylation is 1. The summed E-state index contributed by atoms with van der Waals surface area (Å²) in [6, 6.07) is 17.2. The summed E-state index contributed by atoms with van der Waals surface area (Å²) in [7, 11) is 0. The highest BCUT2D eigenvalue weighted by molar-refractivity contribution is 5.99. The molecule has 0 saturated carbocycles. The van der Waals surface area contributed by atoms with Crippen molar-refractivity contribution in [3.8, 4) is 5.75 Å². The highest BCUT2D eigenvalue weighted by Crippen LogP contribution is 2.11. The molecule has 0 saturated heterocycles. The second kappa shape index (κ2) is 7.24. The number of nitrogens with zero attached hydrogens (tertiary/aromatic N) is 1. The predicted molar refractivity (Wildman–Crippen MR) is 83.5 cm³/mol. The van der Waals surface area contributed by atoms with Gasteiger partial charge in [0.2, 0.25) is 0 Å². The van der Waals surface area contributed by atoms with Crippen molar-refractivity contribution >= 4 is 11.6 Å². The van der Waals surface area contributed by atoms with E-state index in [0.717, 1.165) is 16.8 Å². The Kier molecular flexibility index (Phi) is 5.10. The molecule has 2 aromatic rings. The van der Waals surface area contributed by atoms with Gasteiger partial charge in [0, 0.05) is 0 Å². The first-order valence-corrected chi connectivity index (χ1v) is 6.73. The van der Waals surface area contributed by atoms with Gasteiger partial charge < -0.3 is 4.74 Å². The molecule has 1 amide bonds. The van der Waals surface area contributed by atoms with Crippen molar-refractivity contribution < 1.29 is 9.53 Å². The molecule has 0 fully saturated rings. The van der Waals surface area contributed by atoms with Gasteiger partial charge in [-0.2, -0.15) is 5.10 Å². The third kappa shape index (κ3) is 4.76. The van der Waals surface area contributed by atoms with E-state index < -0.39 is 0 Å². The quantitative estimate of drug-likeness (QED) is 0.677. The fraction of sp³-hybridized carbons (Fsp3) is 0.176. The fourth-order valence-electron chi connectivity index (χ4n) is 1.78. The van der Waals surface area contributed by atoms with Gasteiger partial charge in [-0.25, -0.2) is 5.43 Å². The van der Waals surface area contributed by atoms with Gasteiger partial charge in [0.1, 0.15) is 5.75 Å². The maximum Gasteiger partial charge on any atom is 0.277 e. The van der Waals surface area contributed by atoms with Gasteiger partial charge >= 0.3 is 0 Å². The summed E-state index contributed by atoms with van der Waals surface area (Å²) < 4.78 is 5.41. The molecule has 4 nitrogen and oxygen atoms in total. The van der Waals surface area contributed by atoms with Crippen LogP contribution in [0.2, 0.25) is 0 Å². The zero-order valence-electron chi connectivity index (χ0n) is 12.2. The molecule has 108 valence electrons. The third-order valence-electron chi connectivity index (χ3n) is 2.90. The van der Waals surface area contributed by atoms with Crippen LogP contribution in [0.4, 0.5) is 0 Å². The third-order valence-corrected chi connectivity index (χ3v) is 2.90. The summed E-state index contributed by atoms with van der Waals surface area (Å²) in [5, 5.41) is 4.06. The van der Waals surface area contributed by atoms with Crippen LogP contribution in [0.5, 0.6) is 5.75 Å². The molecule has 0 aliphatic heterocycles. The molecular weight excluding hydrogens is 264 g/mol. The minimum Gasteiger partial charge on any atom is -0.484 e. The van der Waals surface area contributed by atoms with Crippen molar-refractivity contribution in [3.05, 3.63) is 65.7 Å². The Morgan fingerprint density at radius 2 is 1.90 bits per heavy atom. The zero-order chi connectivity index (χ0) is 15.1. The molecule has 0 aliphatic rings. The molecular formula is C17H18N2O2. The lowest BCUT2D eigenvalue weighted by atomic mass is 10.1. The number of rotatable bonds is 5. The molecule has 0 radical (unpaired) electrons. The van der Waals surface area contributed by atoms with E-state index in [4.69, 9.17) is 4.74 Å². The molecule has 0 heterocycles. The second-order valence-corrected chi connectivity index (χ2v) is 4.70. The number of carbonyl (C=O) groups is 1.